The Labute approximate surface area is 391 Å². The Bertz CT molecular complexity index is 1990. The Morgan fingerprint density at radius 1 is 0.567 bits per heavy atom. The van der Waals surface area contributed by atoms with Crippen LogP contribution in [-0.2, 0) is 14.2 Å². The zero-order chi connectivity index (χ0) is 50.0. The maximum atomic E-state index is 13.7. The van der Waals surface area contributed by atoms with Gasteiger partial charge in [0.2, 0.25) is 11.4 Å². The maximum absolute atomic E-state index is 13.7. The predicted octanol–water partition coefficient (Wildman–Crippen LogP) is 9.57. The van der Waals surface area contributed by atoms with Crippen LogP contribution in [0.2, 0.25) is 0 Å². The van der Waals surface area contributed by atoms with Crippen molar-refractivity contribution in [3.63, 3.8) is 0 Å². The van der Waals surface area contributed by atoms with Crippen LogP contribution < -0.4 is 16.0 Å². The van der Waals surface area contributed by atoms with Crippen LogP contribution in [0.15, 0.2) is 67.7 Å². The molecule has 0 atom stereocenters. The number of alkyl halides is 6. The molecule has 3 aliphatic rings. The van der Waals surface area contributed by atoms with Crippen molar-refractivity contribution >= 4 is 0 Å². The third-order valence-corrected chi connectivity index (χ3v) is 11.4. The summed E-state index contributed by atoms with van der Waals surface area (Å²) in [6.07, 6.45) is -7.17. The molecular weight excluding hydrogens is 879 g/mol. The van der Waals surface area contributed by atoms with Gasteiger partial charge >= 0.3 is 0 Å². The number of hydrogen-bond acceptors (Lipinski definition) is 9. The number of rotatable bonds is 24. The molecule has 3 rings (SSSR count). The van der Waals surface area contributed by atoms with Gasteiger partial charge in [-0.1, -0.05) is 41.5 Å². The summed E-state index contributed by atoms with van der Waals surface area (Å²) in [6.45, 7) is 45.0. The Morgan fingerprint density at radius 2 is 0.925 bits per heavy atom. The molecule has 13 nitrogen and oxygen atoms in total. The van der Waals surface area contributed by atoms with E-state index in [4.69, 9.17) is 40.5 Å². The van der Waals surface area contributed by atoms with Gasteiger partial charge in [-0.05, 0) is 71.5 Å². The second-order valence-corrected chi connectivity index (χ2v) is 18.7. The lowest BCUT2D eigenvalue weighted by molar-refractivity contribution is 0.0548. The van der Waals surface area contributed by atoms with Gasteiger partial charge in [0.1, 0.15) is 12.1 Å². The molecule has 0 unspecified atom stereocenters. The van der Waals surface area contributed by atoms with E-state index in [0.717, 1.165) is 0 Å². The topological polar surface area (TPSA) is 132 Å². The van der Waals surface area contributed by atoms with Crippen molar-refractivity contribution in [3.05, 3.63) is 113 Å². The lowest BCUT2D eigenvalue weighted by atomic mass is 9.73. The van der Waals surface area contributed by atoms with Crippen molar-refractivity contribution in [2.24, 2.45) is 16.2 Å². The van der Waals surface area contributed by atoms with Crippen molar-refractivity contribution in [3.8, 4) is 12.1 Å². The van der Waals surface area contributed by atoms with Crippen LogP contribution in [0.4, 0.5) is 26.3 Å². The molecule has 3 N–H and O–H groups in total. The maximum Gasteiger partial charge on any atom is 0.273 e. The molecule has 0 spiro atoms. The minimum absolute atomic E-state index is 0.0437. The molecule has 0 aromatic heterocycles. The zero-order valence-electron chi connectivity index (χ0n) is 39.1. The number of nitrogens with one attached hydrogen (secondary N) is 3. The van der Waals surface area contributed by atoms with E-state index in [9.17, 15) is 36.9 Å². The van der Waals surface area contributed by atoms with E-state index in [2.05, 4.69) is 35.3 Å². The quantitative estimate of drug-likeness (QED) is 0.0375. The normalized spacial score (nSPS) is 20.1. The van der Waals surface area contributed by atoms with E-state index in [1.54, 1.807) is 6.07 Å². The highest BCUT2D eigenvalue weighted by atomic mass is 19.3. The molecular formula is C48H60F6N10O3. The lowest BCUT2D eigenvalue weighted by Gasteiger charge is -2.34. The second-order valence-electron chi connectivity index (χ2n) is 18.7. The van der Waals surface area contributed by atoms with Crippen molar-refractivity contribution in [1.29, 1.82) is 10.5 Å². The summed E-state index contributed by atoms with van der Waals surface area (Å²) in [7, 11) is 0. The van der Waals surface area contributed by atoms with Crippen LogP contribution >= 0.6 is 0 Å². The average molecular weight is 939 g/mol. The number of nitrogens with zero attached hydrogens (tertiary/aromatic N) is 7. The van der Waals surface area contributed by atoms with Crippen molar-refractivity contribution in [2.45, 2.75) is 99.3 Å². The van der Waals surface area contributed by atoms with E-state index in [0.29, 0.717) is 56.0 Å². The Kier molecular flexibility index (Phi) is 21.5. The van der Waals surface area contributed by atoms with Gasteiger partial charge < -0.3 is 30.2 Å². The second kappa shape index (κ2) is 25.9. The van der Waals surface area contributed by atoms with Crippen LogP contribution in [0.3, 0.4) is 0 Å². The number of hydrogen-bond donors (Lipinski definition) is 3. The molecule has 0 heterocycles. The molecule has 0 bridgehead atoms. The van der Waals surface area contributed by atoms with Crippen LogP contribution in [0.1, 0.15) is 80.1 Å². The fourth-order valence-corrected chi connectivity index (χ4v) is 8.41. The summed E-state index contributed by atoms with van der Waals surface area (Å²) in [5.74, 6) is 0. The van der Waals surface area contributed by atoms with Gasteiger partial charge in [-0.25, -0.2) is 45.7 Å². The van der Waals surface area contributed by atoms with Gasteiger partial charge in [0.05, 0.1) is 77.1 Å². The van der Waals surface area contributed by atoms with Crippen LogP contribution in [0, 0.1) is 65.2 Å². The van der Waals surface area contributed by atoms with Gasteiger partial charge in [0, 0.05) is 56.4 Å². The smallest absolute Gasteiger partial charge is 0.273 e. The molecule has 0 radical (unpaired) electrons. The minimum atomic E-state index is -3.01. The summed E-state index contributed by atoms with van der Waals surface area (Å²) >= 11 is 0. The van der Waals surface area contributed by atoms with Gasteiger partial charge in [-0.15, -0.1) is 0 Å². The van der Waals surface area contributed by atoms with Crippen molar-refractivity contribution < 1.29 is 40.6 Å². The molecule has 0 aromatic carbocycles. The van der Waals surface area contributed by atoms with Gasteiger partial charge in [-0.2, -0.15) is 10.5 Å². The molecule has 0 fully saturated rings. The predicted molar refractivity (Wildman–Crippen MR) is 240 cm³/mol. The van der Waals surface area contributed by atoms with Crippen LogP contribution in [0.5, 0.6) is 0 Å². The summed E-state index contributed by atoms with van der Waals surface area (Å²) < 4.78 is 100. The van der Waals surface area contributed by atoms with Crippen LogP contribution in [-0.4, -0.2) is 103 Å². The molecule has 0 aliphatic heterocycles. The first kappa shape index (κ1) is 55.5. The van der Waals surface area contributed by atoms with E-state index in [-0.39, 0.29) is 112 Å². The van der Waals surface area contributed by atoms with Gasteiger partial charge in [0.25, 0.3) is 19.3 Å². The third-order valence-electron chi connectivity index (χ3n) is 11.4. The molecule has 3 aliphatic carbocycles. The zero-order valence-corrected chi connectivity index (χ0v) is 39.1. The highest BCUT2D eigenvalue weighted by Gasteiger charge is 2.37. The number of nitriles is 2. The first-order chi connectivity index (χ1) is 31.7. The standard InChI is InChI=1S/C48H60F6N10O3/c1-46(2)23-31(35(30-56)43(49)50)34(29-55)36(26-46)61-11-17-65-20-14-64(15-21-66-18-12-62-37-27-47(3,4)24-32(39(37)57-7)41(59-9)44(51)52)16-22-67-19-13-63-38-28-48(5,6)25-33(40(38)58-8)42(60-10)45(53)54/h43-45,61-63H,11-28H2,1-6H3/b35-31+,41-32-,42-33-. The van der Waals surface area contributed by atoms with Gasteiger partial charge in [0.15, 0.2) is 11.4 Å². The number of allylic oxidation sites excluding steroid dienone is 10. The fourth-order valence-electron chi connectivity index (χ4n) is 8.41. The van der Waals surface area contributed by atoms with E-state index >= 15 is 0 Å². The average Bonchev–Trinajstić information content (AvgIpc) is 3.23. The SMILES string of the molecule is [C-]#[N+]C1=C(NCCOCCN(CCOCCNC2=C([N+]#[C-])/C(=C(\[N+]#[C-])C(F)F)CC(C)(C)C2)CCOCCNC2=C(C#N)/C(=C(\C#N)C(F)F)CC(C)(C)C2)CC(C)(C)C/C1=C(/[N+]#[C-])C(F)F. The molecule has 0 saturated carbocycles. The molecule has 0 amide bonds. The fraction of sp³-hybridized carbons (Fsp3) is 0.625. The van der Waals surface area contributed by atoms with Crippen molar-refractivity contribution in [1.82, 2.24) is 20.9 Å². The van der Waals surface area contributed by atoms with E-state index in [1.165, 1.54) is 0 Å². The molecule has 0 saturated heterocycles. The minimum Gasteiger partial charge on any atom is -0.395 e. The monoisotopic (exact) mass is 938 g/mol. The third kappa shape index (κ3) is 16.5. The number of halogens is 6. The Hall–Kier alpha value is -5.80. The first-order valence-electron chi connectivity index (χ1n) is 21.9. The lowest BCUT2D eigenvalue weighted by Crippen LogP contribution is -2.36. The van der Waals surface area contributed by atoms with E-state index in [1.807, 2.05) is 52.5 Å². The summed E-state index contributed by atoms with van der Waals surface area (Å²) in [5.41, 5.74) is -1.74. The summed E-state index contributed by atoms with van der Waals surface area (Å²) in [5, 5.41) is 28.8. The molecule has 67 heavy (non-hydrogen) atoms. The molecule has 19 heteroatoms. The Morgan fingerprint density at radius 3 is 1.24 bits per heavy atom. The highest BCUT2D eigenvalue weighted by Crippen LogP contribution is 2.46. The van der Waals surface area contributed by atoms with Crippen LogP contribution in [0.25, 0.3) is 19.4 Å². The summed E-state index contributed by atoms with van der Waals surface area (Å²) in [6, 6.07) is 3.59. The summed E-state index contributed by atoms with van der Waals surface area (Å²) in [4.78, 5) is 15.2. The molecule has 0 aromatic rings. The first-order valence-corrected chi connectivity index (χ1v) is 21.9. The number of ether oxygens (including phenoxy) is 3. The highest BCUT2D eigenvalue weighted by molar-refractivity contribution is 5.54. The van der Waals surface area contributed by atoms with E-state index < -0.39 is 52.5 Å². The Balaban J connectivity index is 1.63. The largest absolute Gasteiger partial charge is 0.395 e. The molecule has 362 valence electrons. The van der Waals surface area contributed by atoms with Gasteiger partial charge in [-0.3, -0.25) is 4.90 Å². The van der Waals surface area contributed by atoms with Crippen molar-refractivity contribution in [2.75, 3.05) is 78.9 Å².